The third kappa shape index (κ3) is 2.85. The zero-order chi connectivity index (χ0) is 13.1. The molecule has 3 nitrogen and oxygen atoms in total. The minimum absolute atomic E-state index is 0.0456. The van der Waals surface area contributed by atoms with Gasteiger partial charge in [0, 0.05) is 11.1 Å². The molecule has 2 aromatic rings. The van der Waals surface area contributed by atoms with Gasteiger partial charge in [-0.2, -0.15) is 0 Å². The largest absolute Gasteiger partial charge is 0.312 e. The molecule has 0 radical (unpaired) electrons. The Labute approximate surface area is 114 Å². The molecule has 1 aromatic carbocycles. The Hall–Kier alpha value is -1.04. The van der Waals surface area contributed by atoms with Crippen molar-refractivity contribution in [2.24, 2.45) is 0 Å². The van der Waals surface area contributed by atoms with Crippen molar-refractivity contribution >= 4 is 23.1 Å². The summed E-state index contributed by atoms with van der Waals surface area (Å²) in [5.74, 6) is -0.275. The first-order valence-corrected chi connectivity index (χ1v) is 6.67. The van der Waals surface area contributed by atoms with Crippen molar-refractivity contribution in [1.82, 2.24) is 14.9 Å². The average molecular weight is 286 g/mol. The highest BCUT2D eigenvalue weighted by Crippen LogP contribution is 2.27. The molecule has 0 amide bonds. The summed E-state index contributed by atoms with van der Waals surface area (Å²) in [5.41, 5.74) is 1.68. The van der Waals surface area contributed by atoms with Crippen LogP contribution in [-0.2, 0) is 6.42 Å². The molecule has 1 aromatic heterocycles. The fraction of sp³-hybridized carbons (Fsp3) is 0.333. The topological polar surface area (TPSA) is 37.8 Å². The maximum atomic E-state index is 13.2. The van der Waals surface area contributed by atoms with E-state index in [-0.39, 0.29) is 11.9 Å². The van der Waals surface area contributed by atoms with E-state index >= 15 is 0 Å². The van der Waals surface area contributed by atoms with Gasteiger partial charge in [-0.1, -0.05) is 16.1 Å². The number of likely N-dealkylation sites (N-methyl/N-ethyl adjacent to an activating group) is 1. The third-order valence-corrected chi connectivity index (χ3v) is 4.09. The molecule has 0 spiro atoms. The van der Waals surface area contributed by atoms with Gasteiger partial charge in [0.1, 0.15) is 5.82 Å². The van der Waals surface area contributed by atoms with Crippen LogP contribution in [0.2, 0.25) is 5.02 Å². The monoisotopic (exact) mass is 285 g/mol. The van der Waals surface area contributed by atoms with E-state index in [4.69, 9.17) is 11.6 Å². The van der Waals surface area contributed by atoms with Crippen molar-refractivity contribution in [3.8, 4) is 0 Å². The van der Waals surface area contributed by atoms with Gasteiger partial charge in [0.15, 0.2) is 0 Å². The van der Waals surface area contributed by atoms with Crippen LogP contribution < -0.4 is 5.32 Å². The Bertz CT molecular complexity index is 544. The number of halogens is 2. The summed E-state index contributed by atoms with van der Waals surface area (Å²) >= 11 is 7.43. The number of hydrogen-bond donors (Lipinski definition) is 1. The summed E-state index contributed by atoms with van der Waals surface area (Å²) in [6, 6.07) is 4.46. The lowest BCUT2D eigenvalue weighted by atomic mass is 10.0. The van der Waals surface area contributed by atoms with E-state index in [1.165, 1.54) is 23.7 Å². The Balaban J connectivity index is 2.26. The SMILES string of the molecule is CNC(Cc1cc(F)ccc1Cl)c1snnc1C. The number of aromatic nitrogens is 2. The molecule has 0 aliphatic carbocycles. The summed E-state index contributed by atoms with van der Waals surface area (Å²) in [5, 5.41) is 7.75. The van der Waals surface area contributed by atoms with Crippen molar-refractivity contribution in [2.75, 3.05) is 7.05 Å². The maximum Gasteiger partial charge on any atom is 0.123 e. The lowest BCUT2D eigenvalue weighted by molar-refractivity contribution is 0.589. The van der Waals surface area contributed by atoms with Crippen molar-refractivity contribution in [3.05, 3.63) is 45.2 Å². The van der Waals surface area contributed by atoms with E-state index < -0.39 is 0 Å². The van der Waals surface area contributed by atoms with Crippen LogP contribution in [0.25, 0.3) is 0 Å². The first kappa shape index (κ1) is 13.4. The van der Waals surface area contributed by atoms with Crippen LogP contribution in [-0.4, -0.2) is 16.6 Å². The minimum Gasteiger partial charge on any atom is -0.312 e. The molecule has 0 saturated heterocycles. The molecular weight excluding hydrogens is 273 g/mol. The van der Waals surface area contributed by atoms with Gasteiger partial charge in [-0.25, -0.2) is 4.39 Å². The van der Waals surface area contributed by atoms with Gasteiger partial charge in [0.05, 0.1) is 10.6 Å². The zero-order valence-corrected chi connectivity index (χ0v) is 11.6. The van der Waals surface area contributed by atoms with E-state index in [0.717, 1.165) is 16.1 Å². The third-order valence-electron chi connectivity index (χ3n) is 2.78. The molecule has 2 rings (SSSR count). The summed E-state index contributed by atoms with van der Waals surface area (Å²) in [6.07, 6.45) is 0.609. The minimum atomic E-state index is -0.275. The average Bonchev–Trinajstić information content (AvgIpc) is 2.77. The van der Waals surface area contributed by atoms with Crippen molar-refractivity contribution in [2.45, 2.75) is 19.4 Å². The molecule has 0 aliphatic rings. The molecule has 0 fully saturated rings. The second-order valence-corrected chi connectivity index (χ2v) is 5.20. The van der Waals surface area contributed by atoms with Crippen LogP contribution in [0.4, 0.5) is 4.39 Å². The van der Waals surface area contributed by atoms with Crippen LogP contribution in [0.5, 0.6) is 0 Å². The van der Waals surface area contributed by atoms with Crippen LogP contribution in [0, 0.1) is 12.7 Å². The molecule has 0 saturated carbocycles. The smallest absolute Gasteiger partial charge is 0.123 e. The highest BCUT2D eigenvalue weighted by Gasteiger charge is 2.17. The fourth-order valence-electron chi connectivity index (χ4n) is 1.80. The van der Waals surface area contributed by atoms with Gasteiger partial charge in [-0.15, -0.1) is 5.10 Å². The van der Waals surface area contributed by atoms with E-state index in [0.29, 0.717) is 11.4 Å². The van der Waals surface area contributed by atoms with Gasteiger partial charge in [0.25, 0.3) is 0 Å². The van der Waals surface area contributed by atoms with E-state index in [2.05, 4.69) is 14.9 Å². The standard InChI is InChI=1S/C12H13ClFN3S/c1-7-12(18-17-16-7)11(15-2)6-8-5-9(14)3-4-10(8)13/h3-5,11,15H,6H2,1-2H3. The van der Waals surface area contributed by atoms with Crippen LogP contribution in [0.1, 0.15) is 22.2 Å². The summed E-state index contributed by atoms with van der Waals surface area (Å²) in [7, 11) is 1.86. The summed E-state index contributed by atoms with van der Waals surface area (Å²) < 4.78 is 17.1. The number of nitrogens with zero attached hydrogens (tertiary/aromatic N) is 2. The quantitative estimate of drug-likeness (QED) is 0.938. The molecule has 6 heteroatoms. The molecule has 1 atom stereocenters. The molecule has 1 heterocycles. The number of hydrogen-bond acceptors (Lipinski definition) is 4. The van der Waals surface area contributed by atoms with Crippen molar-refractivity contribution in [1.29, 1.82) is 0 Å². The fourth-order valence-corrected chi connectivity index (χ4v) is 2.75. The Morgan fingerprint density at radius 3 is 2.89 bits per heavy atom. The van der Waals surface area contributed by atoms with E-state index in [1.807, 2.05) is 14.0 Å². The Kier molecular flexibility index (Phi) is 4.27. The summed E-state index contributed by atoms with van der Waals surface area (Å²) in [4.78, 5) is 1.05. The number of rotatable bonds is 4. The molecular formula is C12H13ClFN3S. The van der Waals surface area contributed by atoms with Crippen LogP contribution >= 0.6 is 23.1 Å². The Morgan fingerprint density at radius 1 is 1.50 bits per heavy atom. The first-order valence-electron chi connectivity index (χ1n) is 5.52. The number of nitrogens with one attached hydrogen (secondary N) is 1. The molecule has 1 N–H and O–H groups in total. The van der Waals surface area contributed by atoms with Gasteiger partial charge in [0.2, 0.25) is 0 Å². The normalized spacial score (nSPS) is 12.7. The van der Waals surface area contributed by atoms with Gasteiger partial charge in [-0.3, -0.25) is 0 Å². The molecule has 96 valence electrons. The Morgan fingerprint density at radius 2 is 2.28 bits per heavy atom. The molecule has 1 unspecified atom stereocenters. The second-order valence-electron chi connectivity index (χ2n) is 4.00. The zero-order valence-electron chi connectivity index (χ0n) is 10.1. The van der Waals surface area contributed by atoms with Gasteiger partial charge in [-0.05, 0) is 55.7 Å². The van der Waals surface area contributed by atoms with Crippen molar-refractivity contribution in [3.63, 3.8) is 0 Å². The predicted molar refractivity (Wildman–Crippen MR) is 71.6 cm³/mol. The van der Waals surface area contributed by atoms with E-state index in [9.17, 15) is 4.39 Å². The van der Waals surface area contributed by atoms with E-state index in [1.54, 1.807) is 6.07 Å². The van der Waals surface area contributed by atoms with Gasteiger partial charge >= 0.3 is 0 Å². The van der Waals surface area contributed by atoms with Crippen molar-refractivity contribution < 1.29 is 4.39 Å². The number of benzene rings is 1. The summed E-state index contributed by atoms with van der Waals surface area (Å²) in [6.45, 7) is 1.91. The predicted octanol–water partition coefficient (Wildman–Crippen LogP) is 3.14. The molecule has 18 heavy (non-hydrogen) atoms. The lowest BCUT2D eigenvalue weighted by Gasteiger charge is -2.15. The van der Waals surface area contributed by atoms with Gasteiger partial charge < -0.3 is 5.32 Å². The molecule has 0 bridgehead atoms. The van der Waals surface area contributed by atoms with Crippen LogP contribution in [0.3, 0.4) is 0 Å². The maximum absolute atomic E-state index is 13.2. The highest BCUT2D eigenvalue weighted by molar-refractivity contribution is 7.05. The second kappa shape index (κ2) is 5.73. The molecule has 0 aliphatic heterocycles. The van der Waals surface area contributed by atoms with Crippen LogP contribution in [0.15, 0.2) is 18.2 Å². The highest BCUT2D eigenvalue weighted by atomic mass is 35.5. The first-order chi connectivity index (χ1) is 8.61. The lowest BCUT2D eigenvalue weighted by Crippen LogP contribution is -2.18. The number of aryl methyl sites for hydroxylation is 1.